The Bertz CT molecular complexity index is 629. The van der Waals surface area contributed by atoms with Gasteiger partial charge < -0.3 is 5.11 Å². The van der Waals surface area contributed by atoms with Crippen LogP contribution >= 0.6 is 23.2 Å². The van der Waals surface area contributed by atoms with E-state index in [0.29, 0.717) is 28.8 Å². The average Bonchev–Trinajstić information content (AvgIpc) is 2.57. The van der Waals surface area contributed by atoms with Gasteiger partial charge in [-0.2, -0.15) is 0 Å². The van der Waals surface area contributed by atoms with E-state index in [4.69, 9.17) is 37.3 Å². The molecule has 0 aliphatic heterocycles. The van der Waals surface area contributed by atoms with Crippen molar-refractivity contribution in [2.45, 2.75) is 20.4 Å². The fourth-order valence-corrected chi connectivity index (χ4v) is 1.41. The summed E-state index contributed by atoms with van der Waals surface area (Å²) in [6.07, 6.45) is 6.75. The molecule has 23 heavy (non-hydrogen) atoms. The fraction of sp³-hybridized carbons (Fsp3) is 0.214. The number of nitrogens with zero attached hydrogens (tertiary/aromatic N) is 2. The van der Waals surface area contributed by atoms with Crippen molar-refractivity contribution >= 4 is 29.5 Å². The molecule has 127 valence electrons. The second-order valence-electron chi connectivity index (χ2n) is 3.29. The maximum atomic E-state index is 10.1. The second-order valence-corrected chi connectivity index (χ2v) is 4.36. The summed E-state index contributed by atoms with van der Waals surface area (Å²) in [4.78, 5) is 17.5. The third-order valence-corrected chi connectivity index (χ3v) is 2.22. The predicted octanol–water partition coefficient (Wildman–Crippen LogP) is 3.56. The van der Waals surface area contributed by atoms with E-state index in [1.54, 1.807) is 25.3 Å². The molecule has 0 bridgehead atoms. The van der Waals surface area contributed by atoms with Crippen molar-refractivity contribution in [1.29, 1.82) is 0 Å². The van der Waals surface area contributed by atoms with Gasteiger partial charge in [-0.3, -0.25) is 14.8 Å². The van der Waals surface area contributed by atoms with Crippen molar-refractivity contribution in [1.82, 2.24) is 9.97 Å². The first-order chi connectivity index (χ1) is 11.5. The number of aliphatic hydroxyl groups is 1. The third kappa shape index (κ3) is 14.0. The van der Waals surface area contributed by atoms with Crippen molar-refractivity contribution in [2.24, 2.45) is 0 Å². The number of hydrogen-bond donors (Lipinski definition) is 1. The summed E-state index contributed by atoms with van der Waals surface area (Å²) in [5.74, 6) is 0. The van der Waals surface area contributed by atoms with Crippen LogP contribution in [0.2, 0.25) is 10.0 Å². The van der Waals surface area contributed by atoms with E-state index in [9.17, 15) is 4.79 Å². The van der Waals surface area contributed by atoms with Gasteiger partial charge in [0.2, 0.25) is 0 Å². The summed E-state index contributed by atoms with van der Waals surface area (Å²) in [7, 11) is 0. The number of carbonyl (C=O) groups is 1. The van der Waals surface area contributed by atoms with Crippen LogP contribution in [0, 0.1) is 0 Å². The number of aliphatic hydroxyl groups excluding tert-OH is 1. The molecule has 0 radical (unpaired) electrons. The predicted molar refractivity (Wildman–Crippen MR) is 82.5 cm³/mol. The quantitative estimate of drug-likeness (QED) is 0.609. The Morgan fingerprint density at radius 2 is 1.65 bits per heavy atom. The van der Waals surface area contributed by atoms with Gasteiger partial charge in [-0.25, -0.2) is 0 Å². The van der Waals surface area contributed by atoms with Gasteiger partial charge in [0.15, 0.2) is 6.29 Å². The SMILES string of the molecule is O=Cc1cncc(Cl)c1.OCc1cncc(Cl)c1.[2H]CC.[O]=[Mn]=[O]. The summed E-state index contributed by atoms with van der Waals surface area (Å²) in [5, 5.41) is 9.61. The van der Waals surface area contributed by atoms with Crippen LogP contribution in [0.3, 0.4) is 0 Å². The van der Waals surface area contributed by atoms with E-state index in [1.807, 2.05) is 0 Å². The molecule has 0 saturated heterocycles. The third-order valence-electron chi connectivity index (χ3n) is 1.81. The van der Waals surface area contributed by atoms with E-state index in [0.717, 1.165) is 5.56 Å². The number of rotatable bonds is 2. The zero-order valence-corrected chi connectivity index (χ0v) is 14.8. The van der Waals surface area contributed by atoms with Crippen LogP contribution in [-0.2, 0) is 29.1 Å². The number of pyridine rings is 2. The molecular weight excluding hydrogens is 386 g/mol. The number of aldehydes is 1. The van der Waals surface area contributed by atoms with Crippen molar-refractivity contribution in [3.63, 3.8) is 0 Å². The van der Waals surface area contributed by atoms with Gasteiger partial charge in [0.05, 0.1) is 16.7 Å². The standard InChI is InChI=1S/C6H6ClNO.C6H4ClNO.C2H6.Mn.2O/c2*7-6-1-5(4-9)2-8-3-6;1-2;;;/h1-3,9H,4H2;1-4H;1-2H3;;;/i;;1D;;;. The molecule has 9 heteroatoms. The van der Waals surface area contributed by atoms with Gasteiger partial charge >= 0.3 is 22.5 Å². The van der Waals surface area contributed by atoms with Gasteiger partial charge in [0.1, 0.15) is 0 Å². The molecule has 0 aliphatic carbocycles. The Hall–Kier alpha value is -1.37. The monoisotopic (exact) mass is 402 g/mol. The molecule has 1 N–H and O–H groups in total. The maximum absolute atomic E-state index is 10.1. The van der Waals surface area contributed by atoms with E-state index in [2.05, 4.69) is 9.97 Å². The summed E-state index contributed by atoms with van der Waals surface area (Å²) < 4.78 is 23.0. The van der Waals surface area contributed by atoms with Crippen LogP contribution in [0.5, 0.6) is 0 Å². The van der Waals surface area contributed by atoms with Crippen molar-refractivity contribution in [2.75, 3.05) is 0 Å². The van der Waals surface area contributed by atoms with Crippen LogP contribution in [0.4, 0.5) is 0 Å². The van der Waals surface area contributed by atoms with Gasteiger partial charge in [-0.05, 0) is 17.7 Å². The minimum atomic E-state index is -1.44. The number of hydrogen-bond acceptors (Lipinski definition) is 6. The Morgan fingerprint density at radius 3 is 1.96 bits per heavy atom. The molecule has 2 aromatic heterocycles. The first-order valence-corrected chi connectivity index (χ1v) is 7.65. The summed E-state index contributed by atoms with van der Waals surface area (Å²) in [6, 6.07) is 3.23. The zero-order chi connectivity index (χ0) is 18.8. The molecule has 0 amide bonds. The van der Waals surface area contributed by atoms with E-state index >= 15 is 0 Å². The molecule has 2 rings (SSSR count). The summed E-state index contributed by atoms with van der Waals surface area (Å²) in [5.41, 5.74) is 1.24. The van der Waals surface area contributed by atoms with Crippen LogP contribution in [-0.4, -0.2) is 21.4 Å². The van der Waals surface area contributed by atoms with Gasteiger partial charge in [-0.15, -0.1) is 0 Å². The van der Waals surface area contributed by atoms with Gasteiger partial charge in [-0.1, -0.05) is 37.0 Å². The Morgan fingerprint density at radius 1 is 1.17 bits per heavy atom. The fourth-order valence-electron chi connectivity index (χ4n) is 1.04. The molecule has 0 aromatic carbocycles. The normalized spacial score (nSPS) is 8.61. The van der Waals surface area contributed by atoms with Crippen LogP contribution in [0.15, 0.2) is 36.9 Å². The zero-order valence-electron chi connectivity index (χ0n) is 13.2. The first-order valence-electron chi connectivity index (χ1n) is 6.64. The molecule has 6 nitrogen and oxygen atoms in total. The molecule has 0 atom stereocenters. The van der Waals surface area contributed by atoms with Crippen LogP contribution < -0.4 is 0 Å². The molecule has 0 unspecified atom stereocenters. The van der Waals surface area contributed by atoms with Gasteiger partial charge in [0, 0.05) is 31.7 Å². The summed E-state index contributed by atoms with van der Waals surface area (Å²) >= 11 is 9.61. The van der Waals surface area contributed by atoms with Gasteiger partial charge in [0.25, 0.3) is 0 Å². The van der Waals surface area contributed by atoms with Crippen molar-refractivity contribution in [3.8, 4) is 0 Å². The molecule has 2 heterocycles. The van der Waals surface area contributed by atoms with Crippen LogP contribution in [0.25, 0.3) is 0 Å². The van der Waals surface area contributed by atoms with E-state index in [1.165, 1.54) is 18.6 Å². The van der Waals surface area contributed by atoms with Crippen LogP contribution in [0.1, 0.15) is 31.1 Å². The van der Waals surface area contributed by atoms with Crippen molar-refractivity contribution < 1.29 is 33.8 Å². The number of aromatic nitrogens is 2. The molecule has 2 aromatic rings. The molecule has 0 fully saturated rings. The number of halogens is 2. The summed E-state index contributed by atoms with van der Waals surface area (Å²) in [6.45, 7) is 2.29. The van der Waals surface area contributed by atoms with E-state index in [-0.39, 0.29) is 6.61 Å². The average molecular weight is 403 g/mol. The number of carbonyl (C=O) groups excluding carboxylic acids is 1. The molecule has 0 aliphatic rings. The molecule has 0 spiro atoms. The topological polar surface area (TPSA) is 97.2 Å². The Balaban J connectivity index is 0. The Kier molecular flexibility index (Phi) is 16.0. The Labute approximate surface area is 151 Å². The van der Waals surface area contributed by atoms with Crippen molar-refractivity contribution in [3.05, 3.63) is 58.1 Å². The minimum absolute atomic E-state index is 0.00639. The molecule has 0 saturated carbocycles. The first kappa shape index (κ1) is 21.6. The second kappa shape index (κ2) is 17.0. The molecular formula is C14H16Cl2MnN2O4. The van der Waals surface area contributed by atoms with E-state index < -0.39 is 14.8 Å².